The minimum atomic E-state index is -0.496. The zero-order chi connectivity index (χ0) is 20.3. The number of hydrogen-bond acceptors (Lipinski definition) is 5. The van der Waals surface area contributed by atoms with E-state index in [0.717, 1.165) is 0 Å². The van der Waals surface area contributed by atoms with Gasteiger partial charge in [0.15, 0.2) is 0 Å². The maximum absolute atomic E-state index is 12.7. The van der Waals surface area contributed by atoms with Crippen molar-refractivity contribution in [1.82, 2.24) is 0 Å². The average molecular weight is 405 g/mol. The topological polar surface area (TPSA) is 77.1 Å². The number of methoxy groups -OCH3 is 3. The SMILES string of the molecule is COc1ccc(OC)c(N2CC(C(=O)Nc3ccc(OC)c(Cl)c3)CC2=O)c1. The molecule has 2 amide bonds. The van der Waals surface area contributed by atoms with Gasteiger partial charge >= 0.3 is 0 Å². The summed E-state index contributed by atoms with van der Waals surface area (Å²) in [6.07, 6.45) is 0.107. The number of halogens is 1. The van der Waals surface area contributed by atoms with Crippen LogP contribution in [0.5, 0.6) is 17.2 Å². The molecule has 1 fully saturated rings. The Balaban J connectivity index is 1.75. The van der Waals surface area contributed by atoms with Gasteiger partial charge in [0, 0.05) is 24.7 Å². The molecule has 0 spiro atoms. The first-order valence-electron chi connectivity index (χ1n) is 8.63. The molecule has 0 aromatic heterocycles. The molecule has 0 saturated carbocycles. The molecule has 28 heavy (non-hydrogen) atoms. The van der Waals surface area contributed by atoms with Crippen molar-refractivity contribution in [3.8, 4) is 17.2 Å². The van der Waals surface area contributed by atoms with Crippen LogP contribution in [0.3, 0.4) is 0 Å². The summed E-state index contributed by atoms with van der Waals surface area (Å²) in [5.74, 6) is 0.760. The predicted molar refractivity (Wildman–Crippen MR) is 107 cm³/mol. The first-order valence-corrected chi connectivity index (χ1v) is 9.01. The largest absolute Gasteiger partial charge is 0.497 e. The molecule has 0 bridgehead atoms. The summed E-state index contributed by atoms with van der Waals surface area (Å²) in [5.41, 5.74) is 1.12. The highest BCUT2D eigenvalue weighted by molar-refractivity contribution is 6.32. The van der Waals surface area contributed by atoms with Crippen molar-refractivity contribution >= 4 is 34.8 Å². The van der Waals surface area contributed by atoms with Crippen LogP contribution in [0.25, 0.3) is 0 Å². The van der Waals surface area contributed by atoms with Crippen molar-refractivity contribution < 1.29 is 23.8 Å². The van der Waals surface area contributed by atoms with Crippen LogP contribution in [0.4, 0.5) is 11.4 Å². The Morgan fingerprint density at radius 3 is 2.43 bits per heavy atom. The molecule has 148 valence electrons. The van der Waals surface area contributed by atoms with Gasteiger partial charge in [0.2, 0.25) is 11.8 Å². The Morgan fingerprint density at radius 1 is 1.07 bits per heavy atom. The van der Waals surface area contributed by atoms with E-state index in [0.29, 0.717) is 33.6 Å². The van der Waals surface area contributed by atoms with E-state index in [2.05, 4.69) is 5.32 Å². The number of carbonyl (C=O) groups excluding carboxylic acids is 2. The van der Waals surface area contributed by atoms with Crippen LogP contribution in [-0.2, 0) is 9.59 Å². The van der Waals surface area contributed by atoms with Gasteiger partial charge in [-0.15, -0.1) is 0 Å². The van der Waals surface area contributed by atoms with Crippen molar-refractivity contribution in [3.63, 3.8) is 0 Å². The molecule has 1 atom stereocenters. The van der Waals surface area contributed by atoms with Crippen molar-refractivity contribution in [1.29, 1.82) is 0 Å². The van der Waals surface area contributed by atoms with Crippen molar-refractivity contribution in [3.05, 3.63) is 41.4 Å². The summed E-state index contributed by atoms with van der Waals surface area (Å²) >= 11 is 6.10. The molecule has 1 heterocycles. The summed E-state index contributed by atoms with van der Waals surface area (Å²) in [7, 11) is 4.60. The number of ether oxygens (including phenoxy) is 3. The van der Waals surface area contributed by atoms with Crippen molar-refractivity contribution in [2.24, 2.45) is 5.92 Å². The minimum absolute atomic E-state index is 0.107. The smallest absolute Gasteiger partial charge is 0.229 e. The molecule has 0 aliphatic carbocycles. The number of benzene rings is 2. The fourth-order valence-electron chi connectivity index (χ4n) is 3.11. The number of anilines is 2. The molecule has 1 N–H and O–H groups in total. The monoisotopic (exact) mass is 404 g/mol. The number of hydrogen-bond donors (Lipinski definition) is 1. The highest BCUT2D eigenvalue weighted by Gasteiger charge is 2.36. The maximum atomic E-state index is 12.7. The fraction of sp³-hybridized carbons (Fsp3) is 0.300. The predicted octanol–water partition coefficient (Wildman–Crippen LogP) is 3.36. The molecule has 7 nitrogen and oxygen atoms in total. The van der Waals surface area contributed by atoms with E-state index in [1.807, 2.05) is 0 Å². The Bertz CT molecular complexity index is 902. The van der Waals surface area contributed by atoms with E-state index in [1.165, 1.54) is 14.2 Å². The third-order valence-electron chi connectivity index (χ3n) is 4.59. The molecule has 1 unspecified atom stereocenters. The van der Waals surface area contributed by atoms with E-state index >= 15 is 0 Å². The molecular weight excluding hydrogens is 384 g/mol. The molecule has 2 aromatic rings. The summed E-state index contributed by atoms with van der Waals surface area (Å²) in [6.45, 7) is 0.248. The fourth-order valence-corrected chi connectivity index (χ4v) is 3.37. The summed E-state index contributed by atoms with van der Waals surface area (Å²) in [4.78, 5) is 26.8. The quantitative estimate of drug-likeness (QED) is 0.798. The lowest BCUT2D eigenvalue weighted by molar-refractivity contribution is -0.122. The number of nitrogens with one attached hydrogen (secondary N) is 1. The first-order chi connectivity index (χ1) is 13.5. The molecule has 2 aromatic carbocycles. The zero-order valence-electron chi connectivity index (χ0n) is 15.8. The van der Waals surface area contributed by atoms with E-state index in [-0.39, 0.29) is 24.8 Å². The van der Waals surface area contributed by atoms with Crippen LogP contribution in [0.15, 0.2) is 36.4 Å². The second kappa shape index (κ2) is 8.39. The van der Waals surface area contributed by atoms with Crippen LogP contribution < -0.4 is 24.4 Å². The van der Waals surface area contributed by atoms with Crippen LogP contribution >= 0.6 is 11.6 Å². The zero-order valence-corrected chi connectivity index (χ0v) is 16.6. The Morgan fingerprint density at radius 2 is 1.79 bits per heavy atom. The van der Waals surface area contributed by atoms with Gasteiger partial charge in [-0.1, -0.05) is 11.6 Å². The first kappa shape index (κ1) is 19.8. The summed E-state index contributed by atoms with van der Waals surface area (Å²) < 4.78 is 15.7. The Kier molecular flexibility index (Phi) is 5.94. The van der Waals surface area contributed by atoms with Gasteiger partial charge in [-0.3, -0.25) is 9.59 Å². The average Bonchev–Trinajstić information content (AvgIpc) is 3.09. The number of rotatable bonds is 6. The van der Waals surface area contributed by atoms with Gasteiger partial charge in [-0.05, 0) is 30.3 Å². The van der Waals surface area contributed by atoms with Gasteiger partial charge < -0.3 is 24.4 Å². The second-order valence-corrected chi connectivity index (χ2v) is 6.69. The third kappa shape index (κ3) is 3.99. The minimum Gasteiger partial charge on any atom is -0.497 e. The lowest BCUT2D eigenvalue weighted by atomic mass is 10.1. The lowest BCUT2D eigenvalue weighted by Gasteiger charge is -2.20. The number of amides is 2. The van der Waals surface area contributed by atoms with E-state index < -0.39 is 5.92 Å². The van der Waals surface area contributed by atoms with Crippen LogP contribution in [0.1, 0.15) is 6.42 Å². The lowest BCUT2D eigenvalue weighted by Crippen LogP contribution is -2.28. The number of nitrogens with zero attached hydrogens (tertiary/aromatic N) is 1. The highest BCUT2D eigenvalue weighted by Crippen LogP contribution is 2.36. The van der Waals surface area contributed by atoms with Crippen LogP contribution in [-0.4, -0.2) is 39.7 Å². The number of carbonyl (C=O) groups is 2. The molecule has 0 radical (unpaired) electrons. The van der Waals surface area contributed by atoms with Gasteiger partial charge in [-0.25, -0.2) is 0 Å². The summed E-state index contributed by atoms with van der Waals surface area (Å²) in [6, 6.07) is 10.2. The van der Waals surface area contributed by atoms with Gasteiger partial charge in [0.25, 0.3) is 0 Å². The van der Waals surface area contributed by atoms with Gasteiger partial charge in [0.1, 0.15) is 17.2 Å². The van der Waals surface area contributed by atoms with E-state index in [1.54, 1.807) is 48.4 Å². The molecular formula is C20H21ClN2O5. The molecule has 1 aliphatic rings. The van der Waals surface area contributed by atoms with E-state index in [9.17, 15) is 9.59 Å². The molecule has 1 saturated heterocycles. The summed E-state index contributed by atoms with van der Waals surface area (Å²) in [5, 5.41) is 3.20. The second-order valence-electron chi connectivity index (χ2n) is 6.28. The standard InChI is InChI=1S/C20H21ClN2O5/c1-26-14-5-7-18(28-3)16(10-14)23-11-12(8-19(23)24)20(25)22-13-4-6-17(27-2)15(21)9-13/h4-7,9-10,12H,8,11H2,1-3H3,(H,22,25). The Labute approximate surface area is 168 Å². The molecule has 1 aliphatic heterocycles. The van der Waals surface area contributed by atoms with Crippen molar-refractivity contribution in [2.75, 3.05) is 38.1 Å². The van der Waals surface area contributed by atoms with Crippen molar-refractivity contribution in [2.45, 2.75) is 6.42 Å². The molecule has 8 heteroatoms. The van der Waals surface area contributed by atoms with Gasteiger partial charge in [-0.2, -0.15) is 0 Å². The normalized spacial score (nSPS) is 16.1. The van der Waals surface area contributed by atoms with Crippen LogP contribution in [0, 0.1) is 5.92 Å². The maximum Gasteiger partial charge on any atom is 0.229 e. The Hall–Kier alpha value is -2.93. The van der Waals surface area contributed by atoms with Gasteiger partial charge in [0.05, 0.1) is 38.0 Å². The molecule has 3 rings (SSSR count). The van der Waals surface area contributed by atoms with E-state index in [4.69, 9.17) is 25.8 Å². The highest BCUT2D eigenvalue weighted by atomic mass is 35.5. The third-order valence-corrected chi connectivity index (χ3v) is 4.89. The van der Waals surface area contributed by atoms with Crippen LogP contribution in [0.2, 0.25) is 5.02 Å².